The van der Waals surface area contributed by atoms with Crippen LogP contribution in [0.1, 0.15) is 63.4 Å². The molecule has 146 valence electrons. The van der Waals surface area contributed by atoms with Crippen molar-refractivity contribution in [3.05, 3.63) is 29.1 Å². The molecule has 1 aromatic heterocycles. The minimum atomic E-state index is -4.38. The van der Waals surface area contributed by atoms with E-state index in [2.05, 4.69) is 4.98 Å². The fourth-order valence-electron chi connectivity index (χ4n) is 3.21. The lowest BCUT2D eigenvalue weighted by Gasteiger charge is -2.36. The number of alkyl halides is 3. The van der Waals surface area contributed by atoms with Gasteiger partial charge in [-0.05, 0) is 71.9 Å². The number of amides is 1. The smallest absolute Gasteiger partial charge is 0.416 e. The molecule has 7 heteroatoms. The minimum absolute atomic E-state index is 0.0322. The van der Waals surface area contributed by atoms with E-state index in [0.717, 1.165) is 31.4 Å². The van der Waals surface area contributed by atoms with E-state index in [-0.39, 0.29) is 12.1 Å². The van der Waals surface area contributed by atoms with Crippen molar-refractivity contribution in [2.45, 2.75) is 77.6 Å². The summed E-state index contributed by atoms with van der Waals surface area (Å²) in [4.78, 5) is 18.4. The van der Waals surface area contributed by atoms with Crippen molar-refractivity contribution in [2.75, 3.05) is 6.54 Å². The minimum Gasteiger partial charge on any atom is -0.444 e. The normalized spacial score (nSPS) is 18.7. The predicted molar refractivity (Wildman–Crippen MR) is 92.9 cm³/mol. The van der Waals surface area contributed by atoms with Gasteiger partial charge in [0.25, 0.3) is 0 Å². The molecule has 1 fully saturated rings. The first kappa shape index (κ1) is 20.5. The first-order valence-electron chi connectivity index (χ1n) is 9.00. The monoisotopic (exact) mass is 372 g/mol. The molecule has 2 heterocycles. The Labute approximate surface area is 152 Å². The summed E-state index contributed by atoms with van der Waals surface area (Å²) in [6, 6.07) is 2.13. The third kappa shape index (κ3) is 5.88. The van der Waals surface area contributed by atoms with Crippen LogP contribution in [0.25, 0.3) is 0 Å². The molecule has 26 heavy (non-hydrogen) atoms. The molecule has 4 nitrogen and oxygen atoms in total. The van der Waals surface area contributed by atoms with Gasteiger partial charge in [-0.15, -0.1) is 0 Å². The topological polar surface area (TPSA) is 42.4 Å². The summed E-state index contributed by atoms with van der Waals surface area (Å²) in [5, 5.41) is 0. The zero-order valence-corrected chi connectivity index (χ0v) is 15.8. The number of pyridine rings is 1. The number of ether oxygens (including phenoxy) is 1. The van der Waals surface area contributed by atoms with Crippen LogP contribution in [-0.4, -0.2) is 34.2 Å². The Hall–Kier alpha value is -1.79. The second kappa shape index (κ2) is 7.84. The highest BCUT2D eigenvalue weighted by molar-refractivity contribution is 5.68. The summed E-state index contributed by atoms with van der Waals surface area (Å²) in [5.74, 6) is 0. The molecule has 0 N–H and O–H groups in total. The lowest BCUT2D eigenvalue weighted by atomic mass is 9.97. The third-order valence-corrected chi connectivity index (χ3v) is 4.32. The number of carbonyl (C=O) groups excluding carboxylic acids is 1. The second-order valence-electron chi connectivity index (χ2n) is 7.85. The molecule has 0 radical (unpaired) electrons. The van der Waals surface area contributed by atoms with Crippen LogP contribution in [0.3, 0.4) is 0 Å². The molecule has 1 unspecified atom stereocenters. The maximum Gasteiger partial charge on any atom is 0.416 e. The average molecular weight is 372 g/mol. The molecule has 2 rings (SSSR count). The molecule has 0 aliphatic carbocycles. The van der Waals surface area contributed by atoms with E-state index in [9.17, 15) is 18.0 Å². The van der Waals surface area contributed by atoms with Gasteiger partial charge in [0.1, 0.15) is 5.60 Å². The molecule has 1 amide bonds. The fourth-order valence-corrected chi connectivity index (χ4v) is 3.21. The molecule has 1 atom stereocenters. The number of aromatic nitrogens is 1. The van der Waals surface area contributed by atoms with E-state index < -0.39 is 17.3 Å². The maximum absolute atomic E-state index is 13.0. The van der Waals surface area contributed by atoms with Gasteiger partial charge < -0.3 is 9.64 Å². The number of halogens is 3. The van der Waals surface area contributed by atoms with Gasteiger partial charge in [0, 0.05) is 24.0 Å². The number of hydrogen-bond donors (Lipinski definition) is 0. The summed E-state index contributed by atoms with van der Waals surface area (Å²) in [6.45, 7) is 7.64. The molecule has 0 aromatic carbocycles. The number of hydrogen-bond acceptors (Lipinski definition) is 3. The lowest BCUT2D eigenvalue weighted by molar-refractivity contribution is -0.137. The largest absolute Gasteiger partial charge is 0.444 e. The fraction of sp³-hybridized carbons (Fsp3) is 0.684. The van der Waals surface area contributed by atoms with Crippen LogP contribution in [0.4, 0.5) is 18.0 Å². The van der Waals surface area contributed by atoms with Gasteiger partial charge in [-0.2, -0.15) is 13.2 Å². The van der Waals surface area contributed by atoms with Gasteiger partial charge in [0.15, 0.2) is 0 Å². The van der Waals surface area contributed by atoms with Crippen molar-refractivity contribution in [1.29, 1.82) is 0 Å². The second-order valence-corrected chi connectivity index (χ2v) is 7.85. The number of likely N-dealkylation sites (tertiary alicyclic amines) is 1. The van der Waals surface area contributed by atoms with Gasteiger partial charge in [0.05, 0.1) is 5.56 Å². The summed E-state index contributed by atoms with van der Waals surface area (Å²) in [5.41, 5.74) is -0.485. The molecule has 0 bridgehead atoms. The van der Waals surface area contributed by atoms with Crippen LogP contribution in [0.5, 0.6) is 0 Å². The zero-order valence-electron chi connectivity index (χ0n) is 15.8. The van der Waals surface area contributed by atoms with E-state index in [1.807, 2.05) is 20.8 Å². The van der Waals surface area contributed by atoms with Crippen LogP contribution in [0, 0.1) is 6.92 Å². The Bertz CT molecular complexity index is 639. The zero-order chi connectivity index (χ0) is 19.5. The van der Waals surface area contributed by atoms with Gasteiger partial charge in [0.2, 0.25) is 0 Å². The van der Waals surface area contributed by atoms with Crippen molar-refractivity contribution in [3.63, 3.8) is 0 Å². The van der Waals surface area contributed by atoms with E-state index in [1.54, 1.807) is 11.8 Å². The number of carbonyl (C=O) groups is 1. The van der Waals surface area contributed by atoms with Crippen molar-refractivity contribution >= 4 is 6.09 Å². The summed E-state index contributed by atoms with van der Waals surface area (Å²) in [6.07, 6.45) is -1.01. The molecule has 0 saturated carbocycles. The molecule has 1 aromatic rings. The van der Waals surface area contributed by atoms with Gasteiger partial charge in [-0.1, -0.05) is 0 Å². The van der Waals surface area contributed by atoms with E-state index >= 15 is 0 Å². The van der Waals surface area contributed by atoms with Crippen molar-refractivity contribution in [1.82, 2.24) is 9.88 Å². The molecule has 1 saturated heterocycles. The van der Waals surface area contributed by atoms with E-state index in [4.69, 9.17) is 4.74 Å². The molecule has 1 aliphatic heterocycles. The molecule has 0 spiro atoms. The molecular weight excluding hydrogens is 345 g/mol. The SMILES string of the molecule is Cc1cc(C(F)(F)F)cc(CCC2CCCCN2C(=O)OC(C)(C)C)n1. The van der Waals surface area contributed by atoms with Crippen molar-refractivity contribution in [3.8, 4) is 0 Å². The maximum atomic E-state index is 13.0. The Morgan fingerprint density at radius 2 is 1.96 bits per heavy atom. The molecule has 1 aliphatic rings. The van der Waals surface area contributed by atoms with Crippen LogP contribution in [0.15, 0.2) is 12.1 Å². The Balaban J connectivity index is 2.07. The van der Waals surface area contributed by atoms with Crippen molar-refractivity contribution in [2.24, 2.45) is 0 Å². The van der Waals surface area contributed by atoms with E-state index in [1.165, 1.54) is 0 Å². The summed E-state index contributed by atoms with van der Waals surface area (Å²) >= 11 is 0. The van der Waals surface area contributed by atoms with Crippen LogP contribution < -0.4 is 0 Å². The highest BCUT2D eigenvalue weighted by Crippen LogP contribution is 2.30. The summed E-state index contributed by atoms with van der Waals surface area (Å²) in [7, 11) is 0. The Morgan fingerprint density at radius 3 is 2.58 bits per heavy atom. The Kier molecular flexibility index (Phi) is 6.19. The highest BCUT2D eigenvalue weighted by atomic mass is 19.4. The number of rotatable bonds is 3. The lowest BCUT2D eigenvalue weighted by Crippen LogP contribution is -2.46. The third-order valence-electron chi connectivity index (χ3n) is 4.32. The average Bonchev–Trinajstić information content (AvgIpc) is 2.50. The standard InChI is InChI=1S/C19H27F3N2O2/c1-13-11-14(19(20,21)22)12-15(23-13)8-9-16-7-5-6-10-24(16)17(25)26-18(2,3)4/h11-12,16H,5-10H2,1-4H3. The predicted octanol–water partition coefficient (Wildman–Crippen LogP) is 5.13. The number of nitrogens with zero attached hydrogens (tertiary/aromatic N) is 2. The van der Waals surface area contributed by atoms with Crippen LogP contribution in [0.2, 0.25) is 0 Å². The number of aryl methyl sites for hydroxylation is 2. The van der Waals surface area contributed by atoms with Gasteiger partial charge in [-0.25, -0.2) is 4.79 Å². The number of piperidine rings is 1. The Morgan fingerprint density at radius 1 is 1.27 bits per heavy atom. The van der Waals surface area contributed by atoms with Crippen molar-refractivity contribution < 1.29 is 22.7 Å². The van der Waals surface area contributed by atoms with Crippen LogP contribution in [-0.2, 0) is 17.3 Å². The van der Waals surface area contributed by atoms with Crippen LogP contribution >= 0.6 is 0 Å². The first-order chi connectivity index (χ1) is 12.0. The highest BCUT2D eigenvalue weighted by Gasteiger charge is 2.32. The quantitative estimate of drug-likeness (QED) is 0.739. The van der Waals surface area contributed by atoms with Gasteiger partial charge >= 0.3 is 12.3 Å². The van der Waals surface area contributed by atoms with Gasteiger partial charge in [-0.3, -0.25) is 4.98 Å². The molecular formula is C19H27F3N2O2. The summed E-state index contributed by atoms with van der Waals surface area (Å²) < 4.78 is 44.4. The first-order valence-corrected chi connectivity index (χ1v) is 9.00. The van der Waals surface area contributed by atoms with E-state index in [0.29, 0.717) is 30.8 Å².